The van der Waals surface area contributed by atoms with E-state index in [2.05, 4.69) is 10.3 Å². The van der Waals surface area contributed by atoms with Crippen molar-refractivity contribution in [3.63, 3.8) is 0 Å². The number of nitrogens with one attached hydrogen (secondary N) is 2. The molecule has 0 fully saturated rings. The van der Waals surface area contributed by atoms with Gasteiger partial charge in [0.15, 0.2) is 17.5 Å². The number of carbonyl (C=O) groups is 2. The summed E-state index contributed by atoms with van der Waals surface area (Å²) in [7, 11) is 0. The van der Waals surface area contributed by atoms with E-state index in [0.29, 0.717) is 33.6 Å². The van der Waals surface area contributed by atoms with Crippen molar-refractivity contribution in [2.75, 3.05) is 5.32 Å². The van der Waals surface area contributed by atoms with Gasteiger partial charge in [-0.3, -0.25) is 9.59 Å². The molecule has 4 rings (SSSR count). The van der Waals surface area contributed by atoms with E-state index in [9.17, 15) is 22.8 Å². The molecule has 0 unspecified atom stereocenters. The highest BCUT2D eigenvalue weighted by molar-refractivity contribution is 6.31. The van der Waals surface area contributed by atoms with Crippen molar-refractivity contribution >= 4 is 39.9 Å². The van der Waals surface area contributed by atoms with Crippen molar-refractivity contribution in [3.8, 4) is 0 Å². The lowest BCUT2D eigenvalue weighted by molar-refractivity contribution is 0.102. The van der Waals surface area contributed by atoms with Crippen LogP contribution in [0.5, 0.6) is 0 Å². The molecule has 0 aliphatic heterocycles. The van der Waals surface area contributed by atoms with Gasteiger partial charge in [0.2, 0.25) is 5.78 Å². The quantitative estimate of drug-likeness (QED) is 0.322. The van der Waals surface area contributed by atoms with E-state index in [1.54, 1.807) is 48.5 Å². The SMILES string of the molecule is O=C(Nc1c(C(=O)c2ccccc2)[nH]c2cc(Cl)ccc12)c1cc(F)c(F)c(F)c1. The molecule has 0 spiro atoms. The summed E-state index contributed by atoms with van der Waals surface area (Å²) in [6, 6.07) is 14.3. The molecule has 150 valence electrons. The van der Waals surface area contributed by atoms with E-state index in [1.165, 1.54) is 0 Å². The molecule has 4 nitrogen and oxygen atoms in total. The average Bonchev–Trinajstić information content (AvgIpc) is 3.08. The third-order valence-corrected chi connectivity index (χ3v) is 4.74. The number of carbonyl (C=O) groups excluding carboxylic acids is 2. The fraction of sp³-hybridized carbons (Fsp3) is 0. The number of fused-ring (bicyclic) bond motifs is 1. The molecule has 0 radical (unpaired) electrons. The third-order valence-electron chi connectivity index (χ3n) is 4.51. The van der Waals surface area contributed by atoms with Crippen molar-refractivity contribution in [2.45, 2.75) is 0 Å². The van der Waals surface area contributed by atoms with Crippen molar-refractivity contribution in [1.82, 2.24) is 4.98 Å². The lowest BCUT2D eigenvalue weighted by atomic mass is 10.1. The molecular formula is C22H12ClF3N2O2. The van der Waals surface area contributed by atoms with E-state index in [1.807, 2.05) is 0 Å². The van der Waals surface area contributed by atoms with Gasteiger partial charge in [0.1, 0.15) is 5.69 Å². The number of H-pyrrole nitrogens is 1. The minimum absolute atomic E-state index is 0.0647. The van der Waals surface area contributed by atoms with E-state index >= 15 is 0 Å². The van der Waals surface area contributed by atoms with Crippen molar-refractivity contribution in [1.29, 1.82) is 0 Å². The van der Waals surface area contributed by atoms with Crippen LogP contribution >= 0.6 is 11.6 Å². The standard InChI is InChI=1S/C22H12ClF3N2O2/c23-13-6-7-14-17(10-13)27-20(21(29)11-4-2-1-3-5-11)19(14)28-22(30)12-8-15(24)18(26)16(25)9-12/h1-10,27H,(H,28,30). The van der Waals surface area contributed by atoms with E-state index in [4.69, 9.17) is 11.6 Å². The lowest BCUT2D eigenvalue weighted by Gasteiger charge is -2.08. The summed E-state index contributed by atoms with van der Waals surface area (Å²) in [6.07, 6.45) is 0. The Morgan fingerprint density at radius 3 is 2.20 bits per heavy atom. The van der Waals surface area contributed by atoms with Crippen molar-refractivity contribution < 1.29 is 22.8 Å². The highest BCUT2D eigenvalue weighted by Gasteiger charge is 2.22. The zero-order valence-electron chi connectivity index (χ0n) is 15.1. The average molecular weight is 429 g/mol. The normalized spacial score (nSPS) is 10.9. The number of halogens is 4. The van der Waals surface area contributed by atoms with E-state index in [-0.39, 0.29) is 11.4 Å². The number of amides is 1. The molecule has 0 bridgehead atoms. The Balaban J connectivity index is 1.81. The molecule has 8 heteroatoms. The monoisotopic (exact) mass is 428 g/mol. The first-order valence-corrected chi connectivity index (χ1v) is 9.10. The maximum absolute atomic E-state index is 13.5. The largest absolute Gasteiger partial charge is 0.350 e. The first kappa shape index (κ1) is 19.7. The van der Waals surface area contributed by atoms with Gasteiger partial charge in [-0.15, -0.1) is 0 Å². The fourth-order valence-corrected chi connectivity index (χ4v) is 3.25. The Morgan fingerprint density at radius 2 is 1.53 bits per heavy atom. The third kappa shape index (κ3) is 3.55. The summed E-state index contributed by atoms with van der Waals surface area (Å²) in [5.74, 6) is -5.98. The van der Waals surface area contributed by atoms with Gasteiger partial charge in [0.25, 0.3) is 5.91 Å². The zero-order valence-corrected chi connectivity index (χ0v) is 15.9. The zero-order chi connectivity index (χ0) is 21.4. The van der Waals surface area contributed by atoms with Crippen LogP contribution in [0.25, 0.3) is 10.9 Å². The van der Waals surface area contributed by atoms with Gasteiger partial charge in [0.05, 0.1) is 5.69 Å². The second-order valence-electron chi connectivity index (χ2n) is 6.47. The topological polar surface area (TPSA) is 62.0 Å². The predicted molar refractivity (Wildman–Crippen MR) is 107 cm³/mol. The highest BCUT2D eigenvalue weighted by Crippen LogP contribution is 2.32. The molecular weight excluding hydrogens is 417 g/mol. The number of benzene rings is 3. The Hall–Kier alpha value is -3.58. The number of aromatic amines is 1. The van der Waals surface area contributed by atoms with Gasteiger partial charge in [-0.05, 0) is 30.3 Å². The number of rotatable bonds is 4. The molecule has 4 aromatic rings. The molecule has 1 aromatic heterocycles. The van der Waals surface area contributed by atoms with Crippen LogP contribution in [0, 0.1) is 17.5 Å². The molecule has 0 aliphatic carbocycles. The number of hydrogen-bond donors (Lipinski definition) is 2. The van der Waals surface area contributed by atoms with E-state index in [0.717, 1.165) is 0 Å². The molecule has 2 N–H and O–H groups in total. The van der Waals surface area contributed by atoms with E-state index < -0.39 is 34.7 Å². The van der Waals surface area contributed by atoms with Crippen LogP contribution in [0.4, 0.5) is 18.9 Å². The van der Waals surface area contributed by atoms with Gasteiger partial charge in [-0.1, -0.05) is 41.9 Å². The molecule has 30 heavy (non-hydrogen) atoms. The second-order valence-corrected chi connectivity index (χ2v) is 6.90. The van der Waals surface area contributed by atoms with Crippen molar-refractivity contribution in [3.05, 3.63) is 100.0 Å². The molecule has 1 amide bonds. The number of aromatic nitrogens is 1. The Labute approximate surface area is 173 Å². The maximum atomic E-state index is 13.5. The summed E-state index contributed by atoms with van der Waals surface area (Å²) in [5.41, 5.74) is 0.589. The number of ketones is 1. The van der Waals surface area contributed by atoms with Gasteiger partial charge in [-0.25, -0.2) is 13.2 Å². The molecule has 0 aliphatic rings. The highest BCUT2D eigenvalue weighted by atomic mass is 35.5. The van der Waals surface area contributed by atoms with Crippen LogP contribution in [-0.4, -0.2) is 16.7 Å². The van der Waals surface area contributed by atoms with Crippen LogP contribution in [-0.2, 0) is 0 Å². The molecule has 0 saturated heterocycles. The Morgan fingerprint density at radius 1 is 0.867 bits per heavy atom. The maximum Gasteiger partial charge on any atom is 0.255 e. The smallest absolute Gasteiger partial charge is 0.255 e. The van der Waals surface area contributed by atoms with Crippen molar-refractivity contribution in [2.24, 2.45) is 0 Å². The molecule has 3 aromatic carbocycles. The van der Waals surface area contributed by atoms with Crippen LogP contribution in [0.2, 0.25) is 5.02 Å². The summed E-state index contributed by atoms with van der Waals surface area (Å²) in [6.45, 7) is 0. The molecule has 0 saturated carbocycles. The second kappa shape index (κ2) is 7.68. The minimum atomic E-state index is -1.67. The summed E-state index contributed by atoms with van der Waals surface area (Å²) < 4.78 is 40.3. The first-order chi connectivity index (χ1) is 14.3. The van der Waals surface area contributed by atoms with Crippen LogP contribution in [0.1, 0.15) is 26.4 Å². The Bertz CT molecular complexity index is 1280. The van der Waals surface area contributed by atoms with Crippen LogP contribution in [0.15, 0.2) is 60.7 Å². The van der Waals surface area contributed by atoms with Gasteiger partial charge < -0.3 is 10.3 Å². The summed E-state index contributed by atoms with van der Waals surface area (Å²) in [5, 5.41) is 3.38. The predicted octanol–water partition coefficient (Wildman–Crippen LogP) is 5.72. The fourth-order valence-electron chi connectivity index (χ4n) is 3.08. The van der Waals surface area contributed by atoms with Gasteiger partial charge in [-0.2, -0.15) is 0 Å². The summed E-state index contributed by atoms with van der Waals surface area (Å²) >= 11 is 6.02. The van der Waals surface area contributed by atoms with Gasteiger partial charge >= 0.3 is 0 Å². The van der Waals surface area contributed by atoms with Crippen LogP contribution < -0.4 is 5.32 Å². The lowest BCUT2D eigenvalue weighted by Crippen LogP contribution is -2.15. The van der Waals surface area contributed by atoms with Gasteiger partial charge in [0, 0.05) is 27.1 Å². The number of anilines is 1. The first-order valence-electron chi connectivity index (χ1n) is 8.72. The minimum Gasteiger partial charge on any atom is -0.350 e. The van der Waals surface area contributed by atoms with Crippen LogP contribution in [0.3, 0.4) is 0 Å². The summed E-state index contributed by atoms with van der Waals surface area (Å²) in [4.78, 5) is 28.6. The molecule has 0 atom stereocenters. The molecule has 1 heterocycles. The number of hydrogen-bond acceptors (Lipinski definition) is 2. The Kier molecular flexibility index (Phi) is 5.05.